The van der Waals surface area contributed by atoms with E-state index in [1.807, 2.05) is 6.08 Å². The van der Waals surface area contributed by atoms with Crippen LogP contribution in [-0.2, 0) is 0 Å². The van der Waals surface area contributed by atoms with Crippen LogP contribution in [-0.4, -0.2) is 72.9 Å². The van der Waals surface area contributed by atoms with Crippen molar-refractivity contribution >= 4 is 0 Å². The van der Waals surface area contributed by atoms with Crippen molar-refractivity contribution in [2.45, 2.75) is 31.1 Å². The van der Waals surface area contributed by atoms with Gasteiger partial charge in [-0.1, -0.05) is 6.08 Å². The maximum absolute atomic E-state index is 13.9. The molecule has 1 aliphatic carbocycles. The number of hydrogen-bond acceptors (Lipinski definition) is 4. The fraction of sp³-hybridized carbons (Fsp3) is 0.750. The Morgan fingerprint density at radius 2 is 1.95 bits per heavy atom. The minimum absolute atomic E-state index is 0.172. The van der Waals surface area contributed by atoms with Crippen molar-refractivity contribution < 1.29 is 4.39 Å². The topological polar surface area (TPSA) is 35.7 Å². The first-order valence-electron chi connectivity index (χ1n) is 8.08. The van der Waals surface area contributed by atoms with Crippen LogP contribution < -0.4 is 5.73 Å². The molecule has 118 valence electrons. The number of nitrogens with zero attached hydrogens (tertiary/aromatic N) is 3. The van der Waals surface area contributed by atoms with E-state index in [0.717, 1.165) is 51.3 Å². The standard InChI is InChI=1S/C16H27FN4/c1-19-9-11-20(12-10-19)16(6-4-15(18)5-7-16)21-8-2-3-14(17)13-21/h4-6,14H,2-3,7-13,18H2,1H3. The van der Waals surface area contributed by atoms with E-state index in [2.05, 4.69) is 33.9 Å². The van der Waals surface area contributed by atoms with E-state index in [1.165, 1.54) is 0 Å². The van der Waals surface area contributed by atoms with Crippen molar-refractivity contribution in [3.8, 4) is 0 Å². The summed E-state index contributed by atoms with van der Waals surface area (Å²) in [6.07, 6.45) is 8.14. The van der Waals surface area contributed by atoms with Gasteiger partial charge in [0.2, 0.25) is 0 Å². The fourth-order valence-electron chi connectivity index (χ4n) is 3.77. The van der Waals surface area contributed by atoms with E-state index < -0.39 is 6.17 Å². The highest BCUT2D eigenvalue weighted by molar-refractivity contribution is 5.27. The Morgan fingerprint density at radius 1 is 1.19 bits per heavy atom. The third-order valence-electron chi connectivity index (χ3n) is 5.14. The van der Waals surface area contributed by atoms with Crippen LogP contribution in [0.1, 0.15) is 19.3 Å². The van der Waals surface area contributed by atoms with Crippen molar-refractivity contribution in [2.75, 3.05) is 46.3 Å². The Bertz CT molecular complexity index is 428. The van der Waals surface area contributed by atoms with Gasteiger partial charge >= 0.3 is 0 Å². The van der Waals surface area contributed by atoms with E-state index in [9.17, 15) is 4.39 Å². The van der Waals surface area contributed by atoms with Crippen LogP contribution in [0.25, 0.3) is 0 Å². The summed E-state index contributed by atoms with van der Waals surface area (Å²) in [5.74, 6) is 0. The fourth-order valence-corrected chi connectivity index (χ4v) is 3.77. The van der Waals surface area contributed by atoms with Gasteiger partial charge in [0.15, 0.2) is 0 Å². The van der Waals surface area contributed by atoms with Crippen LogP contribution in [0.15, 0.2) is 23.9 Å². The van der Waals surface area contributed by atoms with Crippen LogP contribution in [0.2, 0.25) is 0 Å². The van der Waals surface area contributed by atoms with Crippen LogP contribution in [0.3, 0.4) is 0 Å². The summed E-state index contributed by atoms with van der Waals surface area (Å²) < 4.78 is 13.9. The Kier molecular flexibility index (Phi) is 4.33. The molecule has 3 aliphatic rings. The third kappa shape index (κ3) is 3.00. The summed E-state index contributed by atoms with van der Waals surface area (Å²) in [5, 5.41) is 0. The zero-order chi connectivity index (χ0) is 14.9. The average Bonchev–Trinajstić information content (AvgIpc) is 2.49. The van der Waals surface area contributed by atoms with Crippen molar-refractivity contribution in [1.29, 1.82) is 0 Å². The molecule has 0 aromatic carbocycles. The molecule has 2 fully saturated rings. The second-order valence-electron chi connectivity index (χ2n) is 6.60. The maximum Gasteiger partial charge on any atom is 0.113 e. The minimum Gasteiger partial charge on any atom is -0.399 e. The molecule has 0 spiro atoms. The van der Waals surface area contributed by atoms with Gasteiger partial charge in [0.25, 0.3) is 0 Å². The Hall–Kier alpha value is -0.910. The van der Waals surface area contributed by atoms with Gasteiger partial charge in [-0.2, -0.15) is 0 Å². The number of nitrogens with two attached hydrogens (primary N) is 1. The molecule has 3 rings (SSSR count). The normalized spacial score (nSPS) is 36.7. The van der Waals surface area contributed by atoms with Gasteiger partial charge in [-0.15, -0.1) is 0 Å². The number of rotatable bonds is 2. The monoisotopic (exact) mass is 294 g/mol. The molecular weight excluding hydrogens is 267 g/mol. The lowest BCUT2D eigenvalue weighted by Gasteiger charge is -2.53. The summed E-state index contributed by atoms with van der Waals surface area (Å²) in [6, 6.07) is 0. The van der Waals surface area contributed by atoms with Crippen molar-refractivity contribution in [1.82, 2.24) is 14.7 Å². The molecule has 2 atom stereocenters. The van der Waals surface area contributed by atoms with Gasteiger partial charge in [0, 0.05) is 51.4 Å². The van der Waals surface area contributed by atoms with Crippen LogP contribution in [0.5, 0.6) is 0 Å². The minimum atomic E-state index is -0.695. The summed E-state index contributed by atoms with van der Waals surface area (Å²) >= 11 is 0. The molecule has 4 nitrogen and oxygen atoms in total. The summed E-state index contributed by atoms with van der Waals surface area (Å²) in [4.78, 5) is 7.21. The van der Waals surface area contributed by atoms with Gasteiger partial charge in [0.05, 0.1) is 5.66 Å². The van der Waals surface area contributed by atoms with Crippen molar-refractivity contribution in [2.24, 2.45) is 5.73 Å². The van der Waals surface area contributed by atoms with Crippen LogP contribution >= 0.6 is 0 Å². The lowest BCUT2D eigenvalue weighted by atomic mass is 9.92. The Labute approximate surface area is 127 Å². The highest BCUT2D eigenvalue weighted by Gasteiger charge is 2.43. The molecule has 2 N–H and O–H groups in total. The van der Waals surface area contributed by atoms with E-state index >= 15 is 0 Å². The lowest BCUT2D eigenvalue weighted by molar-refractivity contribution is -0.0642. The molecule has 2 unspecified atom stereocenters. The van der Waals surface area contributed by atoms with Gasteiger partial charge in [0.1, 0.15) is 6.17 Å². The molecule has 21 heavy (non-hydrogen) atoms. The predicted octanol–water partition coefficient (Wildman–Crippen LogP) is 1.17. The van der Waals surface area contributed by atoms with Gasteiger partial charge in [-0.25, -0.2) is 4.39 Å². The largest absolute Gasteiger partial charge is 0.399 e. The number of likely N-dealkylation sites (tertiary alicyclic amines) is 1. The molecule has 0 aromatic rings. The highest BCUT2D eigenvalue weighted by Crippen LogP contribution is 2.34. The number of alkyl halides is 1. The van der Waals surface area contributed by atoms with E-state index in [-0.39, 0.29) is 5.66 Å². The Morgan fingerprint density at radius 3 is 2.57 bits per heavy atom. The Balaban J connectivity index is 1.83. The molecule has 2 saturated heterocycles. The molecule has 2 aliphatic heterocycles. The second-order valence-corrected chi connectivity index (χ2v) is 6.60. The van der Waals surface area contributed by atoms with Crippen LogP contribution in [0.4, 0.5) is 4.39 Å². The molecular formula is C16H27FN4. The second kappa shape index (κ2) is 6.07. The summed E-state index contributed by atoms with van der Waals surface area (Å²) in [6.45, 7) is 5.72. The SMILES string of the molecule is CN1CCN(C2(N3CCCC(F)C3)C=CC(N)=CC2)CC1. The number of hydrogen-bond donors (Lipinski definition) is 1. The first-order chi connectivity index (χ1) is 10.1. The number of piperazine rings is 1. The van der Waals surface area contributed by atoms with Gasteiger partial charge in [-0.05, 0) is 32.0 Å². The average molecular weight is 294 g/mol. The van der Waals surface area contributed by atoms with Crippen molar-refractivity contribution in [3.05, 3.63) is 23.9 Å². The lowest BCUT2D eigenvalue weighted by Crippen LogP contribution is -2.65. The smallest absolute Gasteiger partial charge is 0.113 e. The number of allylic oxidation sites excluding steroid dienone is 1. The maximum atomic E-state index is 13.9. The highest BCUT2D eigenvalue weighted by atomic mass is 19.1. The van der Waals surface area contributed by atoms with E-state index in [0.29, 0.717) is 13.0 Å². The molecule has 0 bridgehead atoms. The van der Waals surface area contributed by atoms with E-state index in [4.69, 9.17) is 5.73 Å². The molecule has 0 aromatic heterocycles. The van der Waals surface area contributed by atoms with Crippen molar-refractivity contribution in [3.63, 3.8) is 0 Å². The summed E-state index contributed by atoms with van der Waals surface area (Å²) in [7, 11) is 2.16. The molecule has 0 radical (unpaired) electrons. The summed E-state index contributed by atoms with van der Waals surface area (Å²) in [5.41, 5.74) is 6.57. The molecule has 5 heteroatoms. The molecule has 0 amide bonds. The zero-order valence-electron chi connectivity index (χ0n) is 13.0. The van der Waals surface area contributed by atoms with E-state index in [1.54, 1.807) is 0 Å². The van der Waals surface area contributed by atoms with Gasteiger partial charge < -0.3 is 10.6 Å². The quantitative estimate of drug-likeness (QED) is 0.829. The number of halogens is 1. The number of piperidine rings is 1. The molecule has 0 saturated carbocycles. The third-order valence-corrected chi connectivity index (χ3v) is 5.14. The van der Waals surface area contributed by atoms with Crippen LogP contribution in [0, 0.1) is 0 Å². The first kappa shape index (κ1) is 15.0. The molecule has 2 heterocycles. The number of likely N-dealkylation sites (N-methyl/N-ethyl adjacent to an activating group) is 1. The van der Waals surface area contributed by atoms with Gasteiger partial charge in [-0.3, -0.25) is 9.80 Å². The predicted molar refractivity (Wildman–Crippen MR) is 83.5 cm³/mol. The zero-order valence-corrected chi connectivity index (χ0v) is 13.0. The first-order valence-corrected chi connectivity index (χ1v) is 8.08.